The number of halogens is 1. The van der Waals surface area contributed by atoms with E-state index in [9.17, 15) is 5.11 Å². The van der Waals surface area contributed by atoms with Gasteiger partial charge in [0.05, 0.1) is 18.9 Å². The van der Waals surface area contributed by atoms with E-state index in [0.717, 1.165) is 35.7 Å². The van der Waals surface area contributed by atoms with Gasteiger partial charge in [0.15, 0.2) is 17.3 Å². The Labute approximate surface area is 168 Å². The van der Waals surface area contributed by atoms with Gasteiger partial charge in [0.1, 0.15) is 12.4 Å². The number of aliphatic hydroxyl groups is 1. The van der Waals surface area contributed by atoms with Crippen molar-refractivity contribution in [3.8, 4) is 5.69 Å². The molecule has 4 rings (SSSR count). The van der Waals surface area contributed by atoms with Crippen molar-refractivity contribution in [2.45, 2.75) is 37.9 Å². The van der Waals surface area contributed by atoms with Crippen molar-refractivity contribution < 1.29 is 14.6 Å². The summed E-state index contributed by atoms with van der Waals surface area (Å²) in [6.07, 6.45) is 7.97. The minimum absolute atomic E-state index is 0.00994. The molecule has 1 aliphatic carbocycles. The number of fused-ring (bicyclic) bond motifs is 3. The summed E-state index contributed by atoms with van der Waals surface area (Å²) in [6.45, 7) is 3.99. The van der Waals surface area contributed by atoms with Gasteiger partial charge >= 0.3 is 0 Å². The lowest BCUT2D eigenvalue weighted by Crippen LogP contribution is -2.06. The van der Waals surface area contributed by atoms with Crippen LogP contribution in [0.3, 0.4) is 0 Å². The van der Waals surface area contributed by atoms with Crippen LogP contribution in [-0.4, -0.2) is 27.0 Å². The molecule has 146 valence electrons. The van der Waals surface area contributed by atoms with Crippen LogP contribution in [-0.2, 0) is 16.1 Å². The molecule has 0 spiro atoms. The van der Waals surface area contributed by atoms with Crippen molar-refractivity contribution in [2.24, 2.45) is 0 Å². The second kappa shape index (κ2) is 7.81. The quantitative estimate of drug-likeness (QED) is 0.551. The van der Waals surface area contributed by atoms with E-state index in [1.165, 1.54) is 7.11 Å². The second-order valence-corrected chi connectivity index (χ2v) is 7.37. The Morgan fingerprint density at radius 3 is 3.00 bits per heavy atom. The van der Waals surface area contributed by atoms with E-state index in [4.69, 9.17) is 21.1 Å². The number of rotatable bonds is 6. The van der Waals surface area contributed by atoms with Gasteiger partial charge in [-0.15, -0.1) is 10.2 Å². The van der Waals surface area contributed by atoms with Crippen LogP contribution >= 0.6 is 11.6 Å². The Hall–Kier alpha value is -2.57. The second-order valence-electron chi connectivity index (χ2n) is 6.93. The van der Waals surface area contributed by atoms with Crippen molar-refractivity contribution in [3.63, 3.8) is 0 Å². The summed E-state index contributed by atoms with van der Waals surface area (Å²) in [6, 6.07) is 5.84. The zero-order valence-electron chi connectivity index (χ0n) is 15.6. The molecule has 1 N–H and O–H groups in total. The topological polar surface area (TPSA) is 69.4 Å². The van der Waals surface area contributed by atoms with E-state index < -0.39 is 0 Å². The molecule has 0 bridgehead atoms. The number of hydrogen-bond donors (Lipinski definition) is 1. The highest BCUT2D eigenvalue weighted by Crippen LogP contribution is 2.42. The molecule has 2 aromatic rings. The van der Waals surface area contributed by atoms with E-state index in [-0.39, 0.29) is 17.6 Å². The predicted octanol–water partition coefficient (Wildman–Crippen LogP) is 4.92. The summed E-state index contributed by atoms with van der Waals surface area (Å²) in [5, 5.41) is 19.2. The third-order valence-corrected chi connectivity index (χ3v) is 5.20. The first-order valence-electron chi connectivity index (χ1n) is 9.23. The van der Waals surface area contributed by atoms with Crippen molar-refractivity contribution in [2.75, 3.05) is 7.11 Å². The summed E-state index contributed by atoms with van der Waals surface area (Å²) >= 11 is 6.28. The average Bonchev–Trinajstić information content (AvgIpc) is 3.48. The Bertz CT molecular complexity index is 960. The van der Waals surface area contributed by atoms with Gasteiger partial charge in [-0.1, -0.05) is 30.3 Å². The third-order valence-electron chi connectivity index (χ3n) is 4.96. The van der Waals surface area contributed by atoms with Crippen LogP contribution in [0.2, 0.25) is 5.02 Å². The van der Waals surface area contributed by atoms with Crippen molar-refractivity contribution in [1.29, 1.82) is 0 Å². The molecule has 7 heteroatoms. The predicted molar refractivity (Wildman–Crippen MR) is 106 cm³/mol. The van der Waals surface area contributed by atoms with Gasteiger partial charge in [-0.25, -0.2) is 0 Å². The standard InChI is InChI=1S/C21H22ClN3O3/c1-13(27-2)18(26)5-3-4-6-19-16-11-15(22)9-10-17(16)25-20(12-28-19)23-24-21(25)14-7-8-14/h3-5,9-11,14,19,26H,1,6-8,12H2,2H3/b4-3-,18-5+/t19-/m1/s1. The third kappa shape index (κ3) is 3.70. The molecule has 2 heterocycles. The van der Waals surface area contributed by atoms with Gasteiger partial charge < -0.3 is 14.6 Å². The molecular weight excluding hydrogens is 378 g/mol. The molecule has 1 atom stereocenters. The molecular formula is C21H22ClN3O3. The highest BCUT2D eigenvalue weighted by molar-refractivity contribution is 6.30. The number of nitrogens with zero attached hydrogens (tertiary/aromatic N) is 3. The molecule has 0 unspecified atom stereocenters. The van der Waals surface area contributed by atoms with E-state index in [1.54, 1.807) is 12.2 Å². The van der Waals surface area contributed by atoms with Crippen molar-refractivity contribution in [1.82, 2.24) is 14.8 Å². The van der Waals surface area contributed by atoms with Crippen LogP contribution in [0.25, 0.3) is 5.69 Å². The number of ether oxygens (including phenoxy) is 2. The van der Waals surface area contributed by atoms with Gasteiger partial charge in [-0.3, -0.25) is 4.57 Å². The average molecular weight is 400 g/mol. The summed E-state index contributed by atoms with van der Waals surface area (Å²) < 4.78 is 13.2. The smallest absolute Gasteiger partial charge is 0.163 e. The lowest BCUT2D eigenvalue weighted by Gasteiger charge is -2.17. The van der Waals surface area contributed by atoms with E-state index in [1.807, 2.05) is 24.3 Å². The first kappa shape index (κ1) is 18.8. The molecule has 28 heavy (non-hydrogen) atoms. The zero-order chi connectivity index (χ0) is 19.7. The normalized spacial score (nSPS) is 19.2. The van der Waals surface area contributed by atoms with E-state index in [2.05, 4.69) is 21.3 Å². The fourth-order valence-corrected chi connectivity index (χ4v) is 3.48. The van der Waals surface area contributed by atoms with Crippen LogP contribution in [0.4, 0.5) is 0 Å². The number of aromatic nitrogens is 3. The minimum atomic E-state index is -0.181. The maximum atomic E-state index is 9.79. The van der Waals surface area contributed by atoms with Crippen LogP contribution in [0.15, 0.2) is 54.5 Å². The van der Waals surface area contributed by atoms with Crippen LogP contribution in [0.1, 0.15) is 48.5 Å². The number of allylic oxidation sites excluding steroid dienone is 2. The van der Waals surface area contributed by atoms with Gasteiger partial charge in [0.2, 0.25) is 0 Å². The molecule has 1 aliphatic heterocycles. The SMILES string of the molecule is C=C(OC)/C(O)=C\C=C/C[C@H]1OCc2nnc(C3CC3)n2-c2ccc(Cl)cc21. The fraction of sp³-hybridized carbons (Fsp3) is 0.333. The van der Waals surface area contributed by atoms with E-state index in [0.29, 0.717) is 24.0 Å². The van der Waals surface area contributed by atoms with Crippen LogP contribution in [0, 0.1) is 0 Å². The Balaban J connectivity index is 1.62. The minimum Gasteiger partial charge on any atom is -0.504 e. The lowest BCUT2D eigenvalue weighted by molar-refractivity contribution is 0.0409. The van der Waals surface area contributed by atoms with Crippen LogP contribution < -0.4 is 0 Å². The first-order valence-corrected chi connectivity index (χ1v) is 9.61. The molecule has 1 aromatic heterocycles. The summed E-state index contributed by atoms with van der Waals surface area (Å²) in [7, 11) is 1.46. The Morgan fingerprint density at radius 1 is 1.43 bits per heavy atom. The fourth-order valence-electron chi connectivity index (χ4n) is 3.30. The van der Waals surface area contributed by atoms with Gasteiger partial charge in [0.25, 0.3) is 0 Å². The highest BCUT2D eigenvalue weighted by Gasteiger charge is 2.33. The van der Waals surface area contributed by atoms with Gasteiger partial charge in [0, 0.05) is 16.5 Å². The van der Waals surface area contributed by atoms with Crippen LogP contribution in [0.5, 0.6) is 0 Å². The van der Waals surface area contributed by atoms with Crippen molar-refractivity contribution >= 4 is 11.6 Å². The van der Waals surface area contributed by atoms with E-state index >= 15 is 0 Å². The largest absolute Gasteiger partial charge is 0.504 e. The number of methoxy groups -OCH3 is 1. The lowest BCUT2D eigenvalue weighted by atomic mass is 10.0. The first-order chi connectivity index (χ1) is 13.6. The Morgan fingerprint density at radius 2 is 2.25 bits per heavy atom. The summed E-state index contributed by atoms with van der Waals surface area (Å²) in [5.74, 6) is 2.50. The zero-order valence-corrected chi connectivity index (χ0v) is 16.4. The Kier molecular flexibility index (Phi) is 5.24. The maximum Gasteiger partial charge on any atom is 0.163 e. The summed E-state index contributed by atoms with van der Waals surface area (Å²) in [4.78, 5) is 0. The highest BCUT2D eigenvalue weighted by atomic mass is 35.5. The molecule has 1 fully saturated rings. The molecule has 2 aliphatic rings. The maximum absolute atomic E-state index is 9.79. The molecule has 0 saturated heterocycles. The monoisotopic (exact) mass is 399 g/mol. The number of hydrogen-bond acceptors (Lipinski definition) is 5. The van der Waals surface area contributed by atoms with Crippen molar-refractivity contribution in [3.05, 3.63) is 76.8 Å². The van der Waals surface area contributed by atoms with Gasteiger partial charge in [-0.2, -0.15) is 0 Å². The number of aliphatic hydroxyl groups excluding tert-OH is 1. The molecule has 0 amide bonds. The molecule has 6 nitrogen and oxygen atoms in total. The molecule has 0 radical (unpaired) electrons. The van der Waals surface area contributed by atoms with Gasteiger partial charge in [-0.05, 0) is 43.5 Å². The molecule has 1 aromatic carbocycles. The molecule has 1 saturated carbocycles. The number of benzene rings is 1. The summed E-state index contributed by atoms with van der Waals surface area (Å²) in [5.41, 5.74) is 2.03.